The molecule has 19 heavy (non-hydrogen) atoms. The third-order valence-corrected chi connectivity index (χ3v) is 3.98. The molecule has 3 rings (SSSR count). The van der Waals surface area contributed by atoms with E-state index in [9.17, 15) is 0 Å². The van der Waals surface area contributed by atoms with Gasteiger partial charge in [0.15, 0.2) is 0 Å². The molecule has 1 unspecified atom stereocenters. The Morgan fingerprint density at radius 3 is 2.79 bits per heavy atom. The topological polar surface area (TPSA) is 29.3 Å². The molecule has 0 saturated heterocycles. The summed E-state index contributed by atoms with van der Waals surface area (Å²) >= 11 is 0. The van der Waals surface area contributed by atoms with Gasteiger partial charge in [0.25, 0.3) is 0 Å². The lowest BCUT2D eigenvalue weighted by molar-refractivity contribution is 0.621. The van der Waals surface area contributed by atoms with Crippen LogP contribution in [-0.4, -0.2) is 6.54 Å². The van der Waals surface area contributed by atoms with Crippen LogP contribution < -0.4 is 10.6 Å². The molecule has 1 aliphatic rings. The summed E-state index contributed by atoms with van der Waals surface area (Å²) in [4.78, 5) is 2.52. The van der Waals surface area contributed by atoms with Crippen LogP contribution in [0.5, 0.6) is 0 Å². The van der Waals surface area contributed by atoms with Crippen LogP contribution in [0.4, 0.5) is 11.4 Å². The molecule has 1 heterocycles. The van der Waals surface area contributed by atoms with E-state index >= 15 is 0 Å². The van der Waals surface area contributed by atoms with Gasteiger partial charge >= 0.3 is 0 Å². The van der Waals surface area contributed by atoms with Crippen molar-refractivity contribution in [3.63, 3.8) is 0 Å². The first kappa shape index (κ1) is 12.1. The Balaban J connectivity index is 1.96. The smallest absolute Gasteiger partial charge is 0.0540 e. The Morgan fingerprint density at radius 2 is 2.00 bits per heavy atom. The second-order valence-electron chi connectivity index (χ2n) is 5.17. The monoisotopic (exact) mass is 252 g/mol. The Labute approximate surface area is 114 Å². The molecule has 0 bridgehead atoms. The second-order valence-corrected chi connectivity index (χ2v) is 5.17. The highest BCUT2D eigenvalue weighted by molar-refractivity contribution is 5.60. The van der Waals surface area contributed by atoms with E-state index in [1.807, 2.05) is 6.07 Å². The summed E-state index contributed by atoms with van der Waals surface area (Å²) in [5, 5.41) is 0. The molecule has 0 spiro atoms. The Kier molecular flexibility index (Phi) is 3.16. The van der Waals surface area contributed by atoms with Crippen LogP contribution in [0.25, 0.3) is 0 Å². The SMILES string of the molecule is CCC(c1cccc(N)c1)N1CCc2ccccc21. The number of hydrogen-bond donors (Lipinski definition) is 1. The molecule has 1 atom stereocenters. The van der Waals surface area contributed by atoms with Gasteiger partial charge in [0.2, 0.25) is 0 Å². The summed E-state index contributed by atoms with van der Waals surface area (Å²) in [7, 11) is 0. The van der Waals surface area contributed by atoms with Crippen LogP contribution in [-0.2, 0) is 6.42 Å². The van der Waals surface area contributed by atoms with Gasteiger partial charge in [-0.1, -0.05) is 37.3 Å². The lowest BCUT2D eigenvalue weighted by Gasteiger charge is -2.30. The Bertz CT molecular complexity index is 577. The maximum Gasteiger partial charge on any atom is 0.0540 e. The molecule has 0 aromatic heterocycles. The van der Waals surface area contributed by atoms with Crippen molar-refractivity contribution < 1.29 is 0 Å². The van der Waals surface area contributed by atoms with Crippen LogP contribution in [0.1, 0.15) is 30.5 Å². The molecule has 0 fully saturated rings. The number of fused-ring (bicyclic) bond motifs is 1. The van der Waals surface area contributed by atoms with Gasteiger partial charge in [-0.2, -0.15) is 0 Å². The Morgan fingerprint density at radius 1 is 1.16 bits per heavy atom. The van der Waals surface area contributed by atoms with Crippen molar-refractivity contribution in [2.45, 2.75) is 25.8 Å². The van der Waals surface area contributed by atoms with Crippen LogP contribution in [0.15, 0.2) is 48.5 Å². The average molecular weight is 252 g/mol. The van der Waals surface area contributed by atoms with Gasteiger partial charge in [-0.05, 0) is 42.2 Å². The molecule has 2 N–H and O–H groups in total. The summed E-state index contributed by atoms with van der Waals surface area (Å²) in [6.07, 6.45) is 2.24. The average Bonchev–Trinajstić information content (AvgIpc) is 2.84. The fourth-order valence-electron chi connectivity index (χ4n) is 3.09. The predicted octanol–water partition coefficient (Wildman–Crippen LogP) is 3.78. The lowest BCUT2D eigenvalue weighted by atomic mass is 10.0. The fraction of sp³-hybridized carbons (Fsp3) is 0.294. The van der Waals surface area contributed by atoms with E-state index in [1.54, 1.807) is 0 Å². The van der Waals surface area contributed by atoms with E-state index in [-0.39, 0.29) is 0 Å². The number of nitrogen functional groups attached to an aromatic ring is 1. The normalized spacial score (nSPS) is 15.3. The first-order chi connectivity index (χ1) is 9.29. The zero-order valence-corrected chi connectivity index (χ0v) is 11.3. The van der Waals surface area contributed by atoms with E-state index in [1.165, 1.54) is 16.8 Å². The van der Waals surface area contributed by atoms with Crippen molar-refractivity contribution in [1.29, 1.82) is 0 Å². The molecule has 2 aromatic rings. The van der Waals surface area contributed by atoms with Crippen LogP contribution >= 0.6 is 0 Å². The summed E-state index contributed by atoms with van der Waals surface area (Å²) in [6.45, 7) is 3.35. The highest BCUT2D eigenvalue weighted by Crippen LogP contribution is 2.36. The van der Waals surface area contributed by atoms with E-state index < -0.39 is 0 Å². The summed E-state index contributed by atoms with van der Waals surface area (Å²) in [6, 6.07) is 17.4. The van der Waals surface area contributed by atoms with Crippen molar-refractivity contribution in [3.8, 4) is 0 Å². The number of hydrogen-bond acceptors (Lipinski definition) is 2. The second kappa shape index (κ2) is 4.96. The number of rotatable bonds is 3. The minimum absolute atomic E-state index is 0.423. The van der Waals surface area contributed by atoms with E-state index in [0.717, 1.165) is 25.1 Å². The molecule has 2 aromatic carbocycles. The number of nitrogens with two attached hydrogens (primary N) is 1. The van der Waals surface area contributed by atoms with Gasteiger partial charge in [0.05, 0.1) is 6.04 Å². The quantitative estimate of drug-likeness (QED) is 0.842. The maximum absolute atomic E-state index is 5.93. The standard InChI is InChI=1S/C17H20N2/c1-2-16(14-7-5-8-15(18)12-14)19-11-10-13-6-3-4-9-17(13)19/h3-9,12,16H,2,10-11,18H2,1H3. The summed E-state index contributed by atoms with van der Waals surface area (Å²) in [5.41, 5.74) is 10.9. The molecule has 2 heteroatoms. The number of nitrogens with zero attached hydrogens (tertiary/aromatic N) is 1. The van der Waals surface area contributed by atoms with Crippen molar-refractivity contribution >= 4 is 11.4 Å². The van der Waals surface area contributed by atoms with Crippen LogP contribution in [0.2, 0.25) is 0 Å². The molecule has 0 aliphatic carbocycles. The van der Waals surface area contributed by atoms with Gasteiger partial charge in [-0.3, -0.25) is 0 Å². The van der Waals surface area contributed by atoms with Gasteiger partial charge in [-0.15, -0.1) is 0 Å². The molecule has 98 valence electrons. The first-order valence-corrected chi connectivity index (χ1v) is 6.99. The number of para-hydroxylation sites is 1. The van der Waals surface area contributed by atoms with Crippen molar-refractivity contribution in [2.24, 2.45) is 0 Å². The lowest BCUT2D eigenvalue weighted by Crippen LogP contribution is -2.26. The van der Waals surface area contributed by atoms with Crippen molar-refractivity contribution in [3.05, 3.63) is 59.7 Å². The Hall–Kier alpha value is -1.96. The molecule has 2 nitrogen and oxygen atoms in total. The number of anilines is 2. The van der Waals surface area contributed by atoms with Gasteiger partial charge in [0, 0.05) is 17.9 Å². The van der Waals surface area contributed by atoms with Gasteiger partial charge in [-0.25, -0.2) is 0 Å². The van der Waals surface area contributed by atoms with E-state index in [0.29, 0.717) is 6.04 Å². The fourth-order valence-corrected chi connectivity index (χ4v) is 3.09. The van der Waals surface area contributed by atoms with Crippen LogP contribution in [0, 0.1) is 0 Å². The minimum atomic E-state index is 0.423. The highest BCUT2D eigenvalue weighted by atomic mass is 15.2. The third-order valence-electron chi connectivity index (χ3n) is 3.98. The highest BCUT2D eigenvalue weighted by Gasteiger charge is 2.25. The minimum Gasteiger partial charge on any atom is -0.399 e. The zero-order chi connectivity index (χ0) is 13.2. The molecule has 0 amide bonds. The molecular weight excluding hydrogens is 232 g/mol. The van der Waals surface area contributed by atoms with E-state index in [4.69, 9.17) is 5.73 Å². The molecule has 0 saturated carbocycles. The first-order valence-electron chi connectivity index (χ1n) is 6.99. The van der Waals surface area contributed by atoms with Gasteiger partial charge < -0.3 is 10.6 Å². The number of benzene rings is 2. The maximum atomic E-state index is 5.93. The zero-order valence-electron chi connectivity index (χ0n) is 11.3. The van der Waals surface area contributed by atoms with Crippen molar-refractivity contribution in [1.82, 2.24) is 0 Å². The molecule has 1 aliphatic heterocycles. The predicted molar refractivity (Wildman–Crippen MR) is 81.4 cm³/mol. The summed E-state index contributed by atoms with van der Waals surface area (Å²) in [5.74, 6) is 0. The van der Waals surface area contributed by atoms with E-state index in [2.05, 4.69) is 54.3 Å². The van der Waals surface area contributed by atoms with Crippen molar-refractivity contribution in [2.75, 3.05) is 17.2 Å². The molecular formula is C17H20N2. The summed E-state index contributed by atoms with van der Waals surface area (Å²) < 4.78 is 0. The third kappa shape index (κ3) is 2.19. The van der Waals surface area contributed by atoms with Gasteiger partial charge in [0.1, 0.15) is 0 Å². The van der Waals surface area contributed by atoms with Crippen LogP contribution in [0.3, 0.4) is 0 Å². The molecule has 0 radical (unpaired) electrons. The largest absolute Gasteiger partial charge is 0.399 e.